The summed E-state index contributed by atoms with van der Waals surface area (Å²) in [5, 5.41) is 3.02. The molecular weight excluding hydrogens is 234 g/mol. The molecule has 1 aromatic carbocycles. The Bertz CT molecular complexity index is 413. The number of carbonyl (C=O) groups excluding carboxylic acids is 1. The minimum absolute atomic E-state index is 0.0266. The molecule has 1 aromatic rings. The summed E-state index contributed by atoms with van der Waals surface area (Å²) in [6.07, 6.45) is 0.755. The lowest BCUT2D eigenvalue weighted by atomic mass is 9.98. The van der Waals surface area contributed by atoms with Crippen LogP contribution in [0.3, 0.4) is 0 Å². The van der Waals surface area contributed by atoms with Gasteiger partial charge in [-0.3, -0.25) is 4.79 Å². The second kappa shape index (κ2) is 5.54. The summed E-state index contributed by atoms with van der Waals surface area (Å²) in [5.74, 6) is 0.515. The van der Waals surface area contributed by atoms with Crippen molar-refractivity contribution < 1.29 is 4.79 Å². The second-order valence-electron chi connectivity index (χ2n) is 5.02. The van der Waals surface area contributed by atoms with Gasteiger partial charge in [-0.05, 0) is 51.3 Å². The number of nitrogens with one attached hydrogen (secondary N) is 1. The molecule has 3 heteroatoms. The van der Waals surface area contributed by atoms with Crippen LogP contribution in [-0.2, 0) is 0 Å². The number of carbonyl (C=O) groups is 1. The predicted octanol–water partition coefficient (Wildman–Crippen LogP) is 3.44. The van der Waals surface area contributed by atoms with E-state index in [-0.39, 0.29) is 11.4 Å². The van der Waals surface area contributed by atoms with Gasteiger partial charge in [0.2, 0.25) is 0 Å². The summed E-state index contributed by atoms with van der Waals surface area (Å²) >= 11 is 5.72. The van der Waals surface area contributed by atoms with Crippen LogP contribution in [0.5, 0.6) is 0 Å². The van der Waals surface area contributed by atoms with Gasteiger partial charge in [-0.1, -0.05) is 12.1 Å². The average molecular weight is 254 g/mol. The number of alkyl halides is 1. The Kier molecular flexibility index (Phi) is 4.58. The van der Waals surface area contributed by atoms with E-state index in [4.69, 9.17) is 11.6 Å². The van der Waals surface area contributed by atoms with Crippen LogP contribution >= 0.6 is 11.6 Å². The molecule has 1 N–H and O–H groups in total. The quantitative estimate of drug-likeness (QED) is 0.819. The third kappa shape index (κ3) is 3.74. The Morgan fingerprint density at radius 2 is 2.00 bits per heavy atom. The van der Waals surface area contributed by atoms with Crippen molar-refractivity contribution in [1.82, 2.24) is 5.32 Å². The molecular formula is C14H20ClNO. The first-order chi connectivity index (χ1) is 7.87. The maximum absolute atomic E-state index is 12.2. The van der Waals surface area contributed by atoms with Gasteiger partial charge in [0.1, 0.15) is 0 Å². The van der Waals surface area contributed by atoms with Crippen LogP contribution in [-0.4, -0.2) is 17.3 Å². The van der Waals surface area contributed by atoms with Gasteiger partial charge in [0.15, 0.2) is 0 Å². The van der Waals surface area contributed by atoms with Crippen molar-refractivity contribution in [2.75, 3.05) is 5.88 Å². The van der Waals surface area contributed by atoms with Crippen LogP contribution < -0.4 is 5.32 Å². The highest BCUT2D eigenvalue weighted by molar-refractivity contribution is 6.17. The van der Waals surface area contributed by atoms with Crippen molar-refractivity contribution in [3.63, 3.8) is 0 Å². The summed E-state index contributed by atoms with van der Waals surface area (Å²) in [6, 6.07) is 5.77. The van der Waals surface area contributed by atoms with Crippen molar-refractivity contribution in [1.29, 1.82) is 0 Å². The van der Waals surface area contributed by atoms with E-state index in [1.807, 2.05) is 45.9 Å². The van der Waals surface area contributed by atoms with Gasteiger partial charge in [0.05, 0.1) is 0 Å². The Morgan fingerprint density at radius 1 is 1.35 bits per heavy atom. The number of halogens is 1. The fourth-order valence-electron chi connectivity index (χ4n) is 1.67. The van der Waals surface area contributed by atoms with Gasteiger partial charge < -0.3 is 5.32 Å². The van der Waals surface area contributed by atoms with Crippen molar-refractivity contribution in [3.05, 3.63) is 34.9 Å². The van der Waals surface area contributed by atoms with Gasteiger partial charge in [-0.2, -0.15) is 0 Å². The topological polar surface area (TPSA) is 29.1 Å². The molecule has 0 aromatic heterocycles. The molecule has 0 unspecified atom stereocenters. The average Bonchev–Trinajstić information content (AvgIpc) is 2.21. The molecule has 94 valence electrons. The lowest BCUT2D eigenvalue weighted by Crippen LogP contribution is -2.43. The molecule has 2 nitrogen and oxygen atoms in total. The summed E-state index contributed by atoms with van der Waals surface area (Å²) in [4.78, 5) is 12.2. The number of hydrogen-bond donors (Lipinski definition) is 1. The van der Waals surface area contributed by atoms with Gasteiger partial charge >= 0.3 is 0 Å². The molecule has 0 aliphatic rings. The van der Waals surface area contributed by atoms with E-state index in [9.17, 15) is 4.79 Å². The van der Waals surface area contributed by atoms with Crippen LogP contribution in [0.2, 0.25) is 0 Å². The van der Waals surface area contributed by atoms with E-state index < -0.39 is 0 Å². The first kappa shape index (κ1) is 14.0. The Labute approximate surface area is 108 Å². The fraction of sp³-hybridized carbons (Fsp3) is 0.500. The Hall–Kier alpha value is -1.02. The maximum Gasteiger partial charge on any atom is 0.251 e. The Balaban J connectivity index is 2.87. The molecule has 1 amide bonds. The molecule has 0 bridgehead atoms. The van der Waals surface area contributed by atoms with Crippen molar-refractivity contribution in [2.24, 2.45) is 0 Å². The highest BCUT2D eigenvalue weighted by atomic mass is 35.5. The van der Waals surface area contributed by atoms with Crippen LogP contribution in [0, 0.1) is 13.8 Å². The third-order valence-electron chi connectivity index (χ3n) is 3.02. The number of amides is 1. The molecule has 0 spiro atoms. The summed E-state index contributed by atoms with van der Waals surface area (Å²) in [6.45, 7) is 7.95. The molecule has 17 heavy (non-hydrogen) atoms. The van der Waals surface area contributed by atoms with E-state index in [0.29, 0.717) is 5.88 Å². The molecule has 0 fully saturated rings. The lowest BCUT2D eigenvalue weighted by molar-refractivity contribution is 0.0911. The SMILES string of the molecule is Cc1cccc(C(=O)NC(C)(C)CCCl)c1C. The highest BCUT2D eigenvalue weighted by Gasteiger charge is 2.21. The molecule has 0 radical (unpaired) electrons. The van der Waals surface area contributed by atoms with E-state index in [2.05, 4.69) is 5.32 Å². The van der Waals surface area contributed by atoms with E-state index in [1.165, 1.54) is 0 Å². The fourth-order valence-corrected chi connectivity index (χ4v) is 2.14. The van der Waals surface area contributed by atoms with Crippen LogP contribution in [0.4, 0.5) is 0 Å². The van der Waals surface area contributed by atoms with E-state index in [0.717, 1.165) is 23.1 Å². The molecule has 0 saturated carbocycles. The van der Waals surface area contributed by atoms with Crippen LogP contribution in [0.15, 0.2) is 18.2 Å². The van der Waals surface area contributed by atoms with Gasteiger partial charge in [0.25, 0.3) is 5.91 Å². The van der Waals surface area contributed by atoms with Crippen LogP contribution in [0.1, 0.15) is 41.8 Å². The number of hydrogen-bond acceptors (Lipinski definition) is 1. The zero-order valence-electron chi connectivity index (χ0n) is 10.9. The van der Waals surface area contributed by atoms with Crippen molar-refractivity contribution >= 4 is 17.5 Å². The summed E-state index contributed by atoms with van der Waals surface area (Å²) in [5.41, 5.74) is 2.64. The van der Waals surface area contributed by atoms with Crippen molar-refractivity contribution in [2.45, 2.75) is 39.7 Å². The molecule has 0 heterocycles. The standard InChI is InChI=1S/C14H20ClNO/c1-10-6-5-7-12(11(10)2)13(17)16-14(3,4)8-9-15/h5-7H,8-9H2,1-4H3,(H,16,17). The molecule has 0 atom stereocenters. The van der Waals surface area contributed by atoms with Gasteiger partial charge in [-0.15, -0.1) is 11.6 Å². The van der Waals surface area contributed by atoms with Gasteiger partial charge in [0, 0.05) is 17.0 Å². The third-order valence-corrected chi connectivity index (χ3v) is 3.21. The number of benzene rings is 1. The first-order valence-corrected chi connectivity index (χ1v) is 6.35. The van der Waals surface area contributed by atoms with E-state index >= 15 is 0 Å². The largest absolute Gasteiger partial charge is 0.347 e. The zero-order valence-corrected chi connectivity index (χ0v) is 11.7. The first-order valence-electron chi connectivity index (χ1n) is 5.82. The molecule has 1 rings (SSSR count). The smallest absolute Gasteiger partial charge is 0.251 e. The summed E-state index contributed by atoms with van der Waals surface area (Å²) in [7, 11) is 0. The lowest BCUT2D eigenvalue weighted by Gasteiger charge is -2.25. The predicted molar refractivity (Wildman–Crippen MR) is 72.8 cm³/mol. The maximum atomic E-state index is 12.2. The zero-order chi connectivity index (χ0) is 13.1. The summed E-state index contributed by atoms with van der Waals surface area (Å²) < 4.78 is 0. The molecule has 0 saturated heterocycles. The molecule has 0 aliphatic carbocycles. The minimum Gasteiger partial charge on any atom is -0.347 e. The monoisotopic (exact) mass is 253 g/mol. The highest BCUT2D eigenvalue weighted by Crippen LogP contribution is 2.15. The normalized spacial score (nSPS) is 11.4. The Morgan fingerprint density at radius 3 is 2.59 bits per heavy atom. The second-order valence-corrected chi connectivity index (χ2v) is 5.40. The number of rotatable bonds is 4. The van der Waals surface area contributed by atoms with Gasteiger partial charge in [-0.25, -0.2) is 0 Å². The van der Waals surface area contributed by atoms with E-state index in [1.54, 1.807) is 0 Å². The number of aryl methyl sites for hydroxylation is 1. The minimum atomic E-state index is -0.269. The van der Waals surface area contributed by atoms with Crippen LogP contribution in [0.25, 0.3) is 0 Å². The molecule has 0 aliphatic heterocycles. The van der Waals surface area contributed by atoms with Crippen molar-refractivity contribution in [3.8, 4) is 0 Å².